The van der Waals surface area contributed by atoms with Crippen LogP contribution >= 0.6 is 0 Å². The van der Waals surface area contributed by atoms with E-state index in [9.17, 15) is 0 Å². The van der Waals surface area contributed by atoms with Crippen molar-refractivity contribution >= 4 is 0 Å². The average molecular weight is 244 g/mol. The van der Waals surface area contributed by atoms with E-state index in [0.717, 1.165) is 5.92 Å². The molecule has 0 amide bonds. The highest BCUT2D eigenvalue weighted by molar-refractivity contribution is 5.13. The van der Waals surface area contributed by atoms with Crippen molar-refractivity contribution in [2.45, 2.75) is 58.3 Å². The van der Waals surface area contributed by atoms with Gasteiger partial charge in [0, 0.05) is 0 Å². The summed E-state index contributed by atoms with van der Waals surface area (Å²) in [4.78, 5) is 0. The molecule has 0 saturated heterocycles. The van der Waals surface area contributed by atoms with Gasteiger partial charge in [0.15, 0.2) is 0 Å². The van der Waals surface area contributed by atoms with Crippen LogP contribution in [0, 0.1) is 53.3 Å². The minimum atomic E-state index is 1.12. The highest BCUT2D eigenvalue weighted by Gasteiger charge is 2.65. The smallest absolute Gasteiger partial charge is 0.0320 e. The molecule has 100 valence electrons. The van der Waals surface area contributed by atoms with Crippen LogP contribution in [0.1, 0.15) is 58.3 Å². The Morgan fingerprint density at radius 2 is 1.28 bits per heavy atom. The average Bonchev–Trinajstić information content (AvgIpc) is 2.76. The molecular weight excluding hydrogens is 216 g/mol. The zero-order valence-corrected chi connectivity index (χ0v) is 11.9. The monoisotopic (exact) mass is 244 g/mol. The third-order valence-corrected chi connectivity index (χ3v) is 8.16. The summed E-state index contributed by atoms with van der Waals surface area (Å²) in [6, 6.07) is 0. The molecule has 0 bridgehead atoms. The van der Waals surface area contributed by atoms with Crippen molar-refractivity contribution in [1.29, 1.82) is 0 Å². The summed E-state index contributed by atoms with van der Waals surface area (Å²) in [5, 5.41) is 0. The third-order valence-electron chi connectivity index (χ3n) is 8.16. The normalized spacial score (nSPS) is 64.2. The van der Waals surface area contributed by atoms with Crippen LogP contribution in [0.5, 0.6) is 0 Å². The van der Waals surface area contributed by atoms with Gasteiger partial charge < -0.3 is 0 Å². The molecule has 5 atom stereocenters. The van der Waals surface area contributed by atoms with E-state index in [1.54, 1.807) is 44.9 Å². The molecule has 0 radical (unpaired) electrons. The second kappa shape index (κ2) is 3.55. The van der Waals surface area contributed by atoms with E-state index in [1.165, 1.54) is 53.8 Å². The van der Waals surface area contributed by atoms with Crippen molar-refractivity contribution in [3.63, 3.8) is 0 Å². The van der Waals surface area contributed by atoms with Gasteiger partial charge in [0.05, 0.1) is 0 Å². The van der Waals surface area contributed by atoms with E-state index in [1.807, 2.05) is 0 Å². The molecule has 5 aliphatic carbocycles. The van der Waals surface area contributed by atoms with Crippen LogP contribution in [0.25, 0.3) is 0 Å². The fraction of sp³-hybridized carbons (Fsp3) is 1.00. The highest BCUT2D eigenvalue weighted by atomic mass is 14.7. The topological polar surface area (TPSA) is 0 Å². The molecule has 5 rings (SSSR count). The second-order valence-electron chi connectivity index (χ2n) is 8.54. The van der Waals surface area contributed by atoms with E-state index >= 15 is 0 Å². The van der Waals surface area contributed by atoms with Gasteiger partial charge in [-0.05, 0) is 98.2 Å². The number of hydrogen-bond acceptors (Lipinski definition) is 0. The maximum Gasteiger partial charge on any atom is -0.0320 e. The first-order valence-electron chi connectivity index (χ1n) is 8.85. The molecule has 0 heterocycles. The van der Waals surface area contributed by atoms with Crippen LogP contribution in [0.4, 0.5) is 0 Å². The summed E-state index contributed by atoms with van der Waals surface area (Å²) in [7, 11) is 0. The van der Waals surface area contributed by atoms with E-state index < -0.39 is 0 Å². The molecule has 0 aromatic carbocycles. The Balaban J connectivity index is 1.15. The molecule has 0 N–H and O–H groups in total. The molecule has 0 aromatic heterocycles. The first-order chi connectivity index (χ1) is 8.85. The van der Waals surface area contributed by atoms with Gasteiger partial charge in [-0.25, -0.2) is 0 Å². The molecule has 0 spiro atoms. The number of fused-ring (bicyclic) bond motifs is 2. The molecule has 5 saturated carbocycles. The fourth-order valence-electron chi connectivity index (χ4n) is 6.68. The maximum atomic E-state index is 2.38. The first kappa shape index (κ1) is 10.7. The lowest BCUT2D eigenvalue weighted by atomic mass is 9.51. The Morgan fingerprint density at radius 1 is 0.667 bits per heavy atom. The lowest BCUT2D eigenvalue weighted by Gasteiger charge is -2.54. The predicted octanol–water partition coefficient (Wildman–Crippen LogP) is 4.74. The van der Waals surface area contributed by atoms with E-state index in [2.05, 4.69) is 6.92 Å². The van der Waals surface area contributed by atoms with Gasteiger partial charge in [0.1, 0.15) is 0 Å². The van der Waals surface area contributed by atoms with Crippen LogP contribution in [0.2, 0.25) is 0 Å². The number of rotatable bonds is 3. The lowest BCUT2D eigenvalue weighted by molar-refractivity contribution is -0.0468. The van der Waals surface area contributed by atoms with Gasteiger partial charge >= 0.3 is 0 Å². The van der Waals surface area contributed by atoms with Crippen LogP contribution in [-0.2, 0) is 0 Å². The minimum Gasteiger partial charge on any atom is -0.0651 e. The minimum absolute atomic E-state index is 1.12. The highest BCUT2D eigenvalue weighted by Crippen LogP contribution is 2.72. The van der Waals surface area contributed by atoms with Crippen molar-refractivity contribution in [2.75, 3.05) is 0 Å². The van der Waals surface area contributed by atoms with Crippen molar-refractivity contribution in [3.8, 4) is 0 Å². The summed E-state index contributed by atoms with van der Waals surface area (Å²) in [5.41, 5.74) is 0. The Hall–Kier alpha value is 0. The quantitative estimate of drug-likeness (QED) is 0.672. The molecule has 0 aromatic rings. The zero-order valence-electron chi connectivity index (χ0n) is 11.9. The van der Waals surface area contributed by atoms with Gasteiger partial charge in [-0.3, -0.25) is 0 Å². The van der Waals surface area contributed by atoms with Gasteiger partial charge in [0.25, 0.3) is 0 Å². The summed E-state index contributed by atoms with van der Waals surface area (Å²) in [6.07, 6.45) is 12.8. The van der Waals surface area contributed by atoms with Gasteiger partial charge in [-0.15, -0.1) is 0 Å². The number of hydrogen-bond donors (Lipinski definition) is 0. The van der Waals surface area contributed by atoms with Crippen LogP contribution in [0.15, 0.2) is 0 Å². The van der Waals surface area contributed by atoms with Crippen LogP contribution < -0.4 is 0 Å². The molecule has 0 aliphatic heterocycles. The van der Waals surface area contributed by atoms with E-state index in [0.29, 0.717) is 0 Å². The summed E-state index contributed by atoms with van der Waals surface area (Å²) < 4.78 is 0. The van der Waals surface area contributed by atoms with Crippen molar-refractivity contribution in [1.82, 2.24) is 0 Å². The first-order valence-corrected chi connectivity index (χ1v) is 8.85. The van der Waals surface area contributed by atoms with Gasteiger partial charge in [-0.2, -0.15) is 0 Å². The molecule has 18 heavy (non-hydrogen) atoms. The zero-order chi connectivity index (χ0) is 11.9. The molecule has 5 unspecified atom stereocenters. The standard InChI is InChI=1S/C18H28/c1-2-10-5-12(6-10)13-8-16-17(9-13)18(16)15-7-11-3-4-14(11)15/h10-18H,2-9H2,1H3. The molecule has 0 heteroatoms. The summed E-state index contributed by atoms with van der Waals surface area (Å²) >= 11 is 0. The molecule has 0 nitrogen and oxygen atoms in total. The summed E-state index contributed by atoms with van der Waals surface area (Å²) in [6.45, 7) is 2.38. The lowest BCUT2D eigenvalue weighted by Crippen LogP contribution is -2.46. The molecule has 5 fully saturated rings. The van der Waals surface area contributed by atoms with Crippen molar-refractivity contribution < 1.29 is 0 Å². The van der Waals surface area contributed by atoms with Crippen molar-refractivity contribution in [3.05, 3.63) is 0 Å². The van der Waals surface area contributed by atoms with Gasteiger partial charge in [0.2, 0.25) is 0 Å². The SMILES string of the molecule is CCC1CC(C2CC3C(C2)C3C2CC3CCC32)C1. The Labute approximate surface area is 112 Å². The Morgan fingerprint density at radius 3 is 1.78 bits per heavy atom. The molecular formula is C18H28. The molecule has 5 aliphatic rings. The predicted molar refractivity (Wildman–Crippen MR) is 74.0 cm³/mol. The van der Waals surface area contributed by atoms with E-state index in [4.69, 9.17) is 0 Å². The van der Waals surface area contributed by atoms with Crippen molar-refractivity contribution in [2.24, 2.45) is 53.3 Å². The third kappa shape index (κ3) is 1.28. The fourth-order valence-corrected chi connectivity index (χ4v) is 6.68. The Kier molecular flexibility index (Phi) is 2.12. The summed E-state index contributed by atoms with van der Waals surface area (Å²) in [5.74, 6) is 10.8. The van der Waals surface area contributed by atoms with E-state index in [-0.39, 0.29) is 0 Å². The largest absolute Gasteiger partial charge is 0.0651 e. The van der Waals surface area contributed by atoms with Gasteiger partial charge in [-0.1, -0.05) is 13.3 Å². The maximum absolute atomic E-state index is 2.38. The van der Waals surface area contributed by atoms with Crippen LogP contribution in [0.3, 0.4) is 0 Å². The second-order valence-corrected chi connectivity index (χ2v) is 8.54. The Bertz CT molecular complexity index is 341. The van der Waals surface area contributed by atoms with Crippen LogP contribution in [-0.4, -0.2) is 0 Å².